The molecule has 3 heterocycles. The Kier molecular flexibility index (Phi) is 10.8. The Balaban J connectivity index is 1.79. The van der Waals surface area contributed by atoms with Crippen molar-refractivity contribution in [2.24, 2.45) is 5.73 Å². The number of hydrogen-bond donors (Lipinski definition) is 11. The molecule has 42 heavy (non-hydrogen) atoms. The van der Waals surface area contributed by atoms with Crippen LogP contribution in [0.1, 0.15) is 12.6 Å². The number of amides is 1. The molecule has 22 heteroatoms. The minimum atomic E-state index is -5.54. The number of aliphatic carboxylic acids is 1. The highest BCUT2D eigenvalue weighted by atomic mass is 31.2. The molecule has 0 spiro atoms. The number of aromatic nitrogens is 2. The Labute approximate surface area is 235 Å². The van der Waals surface area contributed by atoms with Gasteiger partial charge in [0.25, 0.3) is 5.79 Å². The fourth-order valence-corrected chi connectivity index (χ4v) is 5.28. The number of carbonyl (C=O) groups is 2. The Hall–Kier alpha value is -2.63. The Morgan fingerprint density at radius 3 is 2.52 bits per heavy atom. The highest BCUT2D eigenvalue weighted by molar-refractivity contribution is 7.47. The molecule has 2 aliphatic heterocycles. The number of phosphoric acid groups is 1. The SMILES string of the molecule is NCC(=O)NC1C(O)CC(OP(=O)(O)OC[C@H]2OC(n3ccc(N)nc3=O)[C@H](O)[C@@H]2O)(C(=O)O)OC1[C@H](O)C(O)CO. The van der Waals surface area contributed by atoms with Gasteiger partial charge in [-0.15, -0.1) is 0 Å². The average Bonchev–Trinajstić information content (AvgIpc) is 3.20. The quantitative estimate of drug-likeness (QED) is 0.0957. The van der Waals surface area contributed by atoms with E-state index < -0.39 is 112 Å². The summed E-state index contributed by atoms with van der Waals surface area (Å²) in [5.74, 6) is -6.39. The zero-order valence-corrected chi connectivity index (χ0v) is 22.4. The summed E-state index contributed by atoms with van der Waals surface area (Å²) in [6.07, 6.45) is -14.9. The third-order valence-corrected chi connectivity index (χ3v) is 7.46. The molecule has 2 saturated heterocycles. The average molecular weight is 629 g/mol. The van der Waals surface area contributed by atoms with Gasteiger partial charge in [0.15, 0.2) is 6.23 Å². The van der Waals surface area contributed by atoms with E-state index in [1.807, 2.05) is 0 Å². The van der Waals surface area contributed by atoms with Gasteiger partial charge in [0.2, 0.25) is 5.91 Å². The maximum Gasteiger partial charge on any atom is 0.475 e. The van der Waals surface area contributed by atoms with Gasteiger partial charge in [-0.25, -0.2) is 18.7 Å². The molecule has 1 aromatic heterocycles. The topological polar surface area (TPSA) is 349 Å². The number of aliphatic hydroxyl groups excluding tert-OH is 6. The molecular formula is C20H32N5O16P. The van der Waals surface area contributed by atoms with E-state index in [2.05, 4.69) is 10.3 Å². The molecule has 0 radical (unpaired) electrons. The molecule has 0 bridgehead atoms. The number of nitrogens with one attached hydrogen (secondary N) is 1. The van der Waals surface area contributed by atoms with Crippen molar-refractivity contribution in [1.29, 1.82) is 0 Å². The van der Waals surface area contributed by atoms with Crippen molar-refractivity contribution >= 4 is 25.5 Å². The largest absolute Gasteiger partial charge is 0.477 e. The molecule has 13 N–H and O–H groups in total. The second-order valence-electron chi connectivity index (χ2n) is 9.39. The smallest absolute Gasteiger partial charge is 0.475 e. The van der Waals surface area contributed by atoms with Crippen LogP contribution < -0.4 is 22.5 Å². The summed E-state index contributed by atoms with van der Waals surface area (Å²) in [5.41, 5.74) is 9.68. The second-order valence-corrected chi connectivity index (χ2v) is 10.8. The zero-order chi connectivity index (χ0) is 31.6. The number of phosphoric ester groups is 1. The number of nitrogen functional groups attached to an aromatic ring is 1. The highest BCUT2D eigenvalue weighted by Crippen LogP contribution is 2.51. The van der Waals surface area contributed by atoms with E-state index in [0.29, 0.717) is 0 Å². The van der Waals surface area contributed by atoms with Crippen molar-refractivity contribution < 1.29 is 73.3 Å². The van der Waals surface area contributed by atoms with Gasteiger partial charge in [0.1, 0.15) is 42.4 Å². The van der Waals surface area contributed by atoms with E-state index in [-0.39, 0.29) is 5.82 Å². The van der Waals surface area contributed by atoms with Crippen LogP contribution in [0, 0.1) is 0 Å². The van der Waals surface area contributed by atoms with Crippen molar-refractivity contribution in [1.82, 2.24) is 14.9 Å². The molecule has 7 unspecified atom stereocenters. The summed E-state index contributed by atoms with van der Waals surface area (Å²) in [7, 11) is -5.54. The van der Waals surface area contributed by atoms with Gasteiger partial charge < -0.3 is 66.9 Å². The van der Waals surface area contributed by atoms with Crippen LogP contribution in [-0.4, -0.2) is 136 Å². The number of ether oxygens (including phenoxy) is 2. The molecule has 1 amide bonds. The summed E-state index contributed by atoms with van der Waals surface area (Å²) in [6.45, 7) is -2.71. The van der Waals surface area contributed by atoms with Crippen LogP contribution in [0.3, 0.4) is 0 Å². The number of nitrogens with two attached hydrogens (primary N) is 2. The summed E-state index contributed by atoms with van der Waals surface area (Å²) in [4.78, 5) is 49.9. The van der Waals surface area contributed by atoms with Crippen LogP contribution in [0.25, 0.3) is 0 Å². The first-order chi connectivity index (χ1) is 19.6. The van der Waals surface area contributed by atoms with E-state index >= 15 is 0 Å². The Morgan fingerprint density at radius 2 is 1.95 bits per heavy atom. The standard InChI is InChI=1S/C20H32N5O16P/c21-4-11(29)24-12-7(27)3-20(18(33)34,40-16(12)13(30)8(28)5-26)41-42(36,37)38-6-9-14(31)15(32)17(39-9)25-2-1-10(22)23-19(25)35/h1-2,7-9,12-17,26-28,30-32H,3-6,21H2,(H,24,29)(H,33,34)(H,36,37)(H2,22,23,35)/t7?,8?,9-,12?,13-,14-,15-,16?,17?,20?/m1/s1. The molecule has 0 aromatic carbocycles. The molecule has 2 aliphatic rings. The number of aliphatic hydroxyl groups is 6. The van der Waals surface area contributed by atoms with Gasteiger partial charge in [0, 0.05) is 12.6 Å². The summed E-state index contributed by atoms with van der Waals surface area (Å²) in [5, 5.41) is 72.8. The van der Waals surface area contributed by atoms with Crippen LogP contribution in [0.2, 0.25) is 0 Å². The normalized spacial score (nSPS) is 34.3. The zero-order valence-electron chi connectivity index (χ0n) is 21.5. The number of nitrogens with zero attached hydrogens (tertiary/aromatic N) is 2. The number of rotatable bonds is 12. The lowest BCUT2D eigenvalue weighted by Gasteiger charge is -2.46. The number of anilines is 1. The minimum absolute atomic E-state index is 0.140. The summed E-state index contributed by atoms with van der Waals surface area (Å²) >= 11 is 0. The van der Waals surface area contributed by atoms with Crippen LogP contribution >= 0.6 is 7.82 Å². The van der Waals surface area contributed by atoms with Crippen molar-refractivity contribution in [2.45, 2.75) is 67.2 Å². The maximum absolute atomic E-state index is 12.8. The lowest BCUT2D eigenvalue weighted by Crippen LogP contribution is -2.68. The molecule has 21 nitrogen and oxygen atoms in total. The van der Waals surface area contributed by atoms with Gasteiger partial charge >= 0.3 is 19.5 Å². The monoisotopic (exact) mass is 629 g/mol. The van der Waals surface area contributed by atoms with Gasteiger partial charge in [-0.2, -0.15) is 4.98 Å². The van der Waals surface area contributed by atoms with Gasteiger partial charge in [0.05, 0.1) is 31.9 Å². The highest BCUT2D eigenvalue weighted by Gasteiger charge is 2.59. The van der Waals surface area contributed by atoms with Gasteiger partial charge in [-0.05, 0) is 6.07 Å². The summed E-state index contributed by atoms with van der Waals surface area (Å²) < 4.78 is 33.7. The third kappa shape index (κ3) is 7.29. The Bertz CT molecular complexity index is 1240. The lowest BCUT2D eigenvalue weighted by atomic mass is 9.88. The number of carboxylic acids is 1. The van der Waals surface area contributed by atoms with Crippen molar-refractivity contribution in [3.8, 4) is 0 Å². The molecule has 238 valence electrons. The van der Waals surface area contributed by atoms with Crippen molar-refractivity contribution in [2.75, 3.05) is 25.5 Å². The fraction of sp³-hybridized carbons (Fsp3) is 0.700. The maximum atomic E-state index is 12.8. The van der Waals surface area contributed by atoms with Crippen LogP contribution in [0.4, 0.5) is 5.82 Å². The molecule has 0 aliphatic carbocycles. The molecule has 3 rings (SSSR count). The molecule has 2 fully saturated rings. The molecular weight excluding hydrogens is 597 g/mol. The molecule has 1 aromatic rings. The first kappa shape index (κ1) is 33.9. The third-order valence-electron chi connectivity index (χ3n) is 6.46. The summed E-state index contributed by atoms with van der Waals surface area (Å²) in [6, 6.07) is -0.442. The fourth-order valence-electron chi connectivity index (χ4n) is 4.33. The van der Waals surface area contributed by atoms with E-state index in [4.69, 9.17) is 30.0 Å². The number of hydrogen-bond acceptors (Lipinski definition) is 17. The predicted octanol–water partition coefficient (Wildman–Crippen LogP) is -6.33. The van der Waals surface area contributed by atoms with Crippen LogP contribution in [-0.2, 0) is 32.7 Å². The van der Waals surface area contributed by atoms with E-state index in [1.165, 1.54) is 6.07 Å². The Morgan fingerprint density at radius 1 is 1.29 bits per heavy atom. The molecule has 11 atom stereocenters. The first-order valence-electron chi connectivity index (χ1n) is 12.2. The van der Waals surface area contributed by atoms with Gasteiger partial charge in [-0.3, -0.25) is 13.9 Å². The second kappa shape index (κ2) is 13.3. The lowest BCUT2D eigenvalue weighted by molar-refractivity contribution is -0.289. The van der Waals surface area contributed by atoms with Crippen molar-refractivity contribution in [3.63, 3.8) is 0 Å². The number of carboxylic acid groups (broad SMARTS) is 1. The van der Waals surface area contributed by atoms with Crippen LogP contribution in [0.15, 0.2) is 17.1 Å². The van der Waals surface area contributed by atoms with Gasteiger partial charge in [-0.1, -0.05) is 0 Å². The van der Waals surface area contributed by atoms with Crippen LogP contribution in [0.5, 0.6) is 0 Å². The minimum Gasteiger partial charge on any atom is -0.477 e. The van der Waals surface area contributed by atoms with Crippen molar-refractivity contribution in [3.05, 3.63) is 22.7 Å². The van der Waals surface area contributed by atoms with E-state index in [9.17, 15) is 59.6 Å². The number of carbonyl (C=O) groups excluding carboxylic acids is 1. The van der Waals surface area contributed by atoms with E-state index in [0.717, 1.165) is 10.8 Å². The molecule has 0 saturated carbocycles. The first-order valence-corrected chi connectivity index (χ1v) is 13.7. The predicted molar refractivity (Wildman–Crippen MR) is 132 cm³/mol. The van der Waals surface area contributed by atoms with E-state index in [1.54, 1.807) is 0 Å².